The maximum absolute atomic E-state index is 2.30. The zero-order valence-corrected chi connectivity index (χ0v) is 18.5. The summed E-state index contributed by atoms with van der Waals surface area (Å²) in [5.74, 6) is 0. The fraction of sp³-hybridized carbons (Fsp3) is 1.00. The second-order valence-corrected chi connectivity index (χ2v) is 9.93. The average molecular weight is 369 g/mol. The molecule has 1 fully saturated rings. The van der Waals surface area contributed by atoms with Gasteiger partial charge in [0.15, 0.2) is 0 Å². The van der Waals surface area contributed by atoms with E-state index >= 15 is 0 Å². The number of hydrogen-bond donors (Lipinski definition) is 0. The molecule has 0 saturated carbocycles. The molecule has 2 atom stereocenters. The zero-order valence-electron chi connectivity index (χ0n) is 17.7. The van der Waals surface area contributed by atoms with Crippen molar-refractivity contribution in [2.75, 3.05) is 0 Å². The van der Waals surface area contributed by atoms with Crippen LogP contribution in [0.25, 0.3) is 0 Å². The highest BCUT2D eigenvalue weighted by Gasteiger charge is 2.36. The van der Waals surface area contributed by atoms with Crippen molar-refractivity contribution in [3.63, 3.8) is 0 Å². The Morgan fingerprint density at radius 2 is 0.680 bits per heavy atom. The molecule has 0 amide bonds. The maximum Gasteiger partial charge on any atom is 0.0169 e. The second kappa shape index (κ2) is 17.7. The van der Waals surface area contributed by atoms with Gasteiger partial charge in [0, 0.05) is 10.5 Å². The molecule has 1 heterocycles. The second-order valence-electron chi connectivity index (χ2n) is 8.45. The summed E-state index contributed by atoms with van der Waals surface area (Å²) in [6.45, 7) is 4.61. The van der Waals surface area contributed by atoms with E-state index in [1.165, 1.54) is 128 Å². The largest absolute Gasteiger partial charge is 0.153 e. The van der Waals surface area contributed by atoms with Crippen LogP contribution in [0.1, 0.15) is 142 Å². The number of unbranched alkanes of at least 4 members (excludes halogenated alkanes) is 16. The van der Waals surface area contributed by atoms with E-state index in [1.807, 2.05) is 0 Å². The van der Waals surface area contributed by atoms with Crippen LogP contribution < -0.4 is 0 Å². The van der Waals surface area contributed by atoms with Gasteiger partial charge in [0.05, 0.1) is 0 Å². The van der Waals surface area contributed by atoms with Crippen LogP contribution in [0, 0.1) is 0 Å². The van der Waals surface area contributed by atoms with Crippen molar-refractivity contribution in [1.29, 1.82) is 0 Å². The maximum atomic E-state index is 2.30. The van der Waals surface area contributed by atoms with Gasteiger partial charge in [0.2, 0.25) is 0 Å². The molecule has 25 heavy (non-hydrogen) atoms. The van der Waals surface area contributed by atoms with Gasteiger partial charge in [-0.3, -0.25) is 0 Å². The highest BCUT2D eigenvalue weighted by molar-refractivity contribution is 8.07. The lowest BCUT2D eigenvalue weighted by Gasteiger charge is -2.03. The third kappa shape index (κ3) is 15.1. The Morgan fingerprint density at radius 1 is 0.400 bits per heavy atom. The van der Waals surface area contributed by atoms with Gasteiger partial charge in [-0.2, -0.15) is 11.8 Å². The Balaban J connectivity index is 1.71. The normalized spacial score (nSPS) is 19.4. The summed E-state index contributed by atoms with van der Waals surface area (Å²) in [5.41, 5.74) is 0. The standard InChI is InChI=1S/C24H48S/c1-3-5-7-9-11-13-15-17-19-21-23-24(25-23)22-20-18-16-14-12-10-8-6-4-2/h23-24H,3-22H2,1-2H3/t23-,24+. The molecule has 0 N–H and O–H groups in total. The van der Waals surface area contributed by atoms with Crippen LogP contribution in [0.3, 0.4) is 0 Å². The molecule has 150 valence electrons. The van der Waals surface area contributed by atoms with E-state index in [9.17, 15) is 0 Å². The lowest BCUT2D eigenvalue weighted by Crippen LogP contribution is -1.95. The smallest absolute Gasteiger partial charge is 0.0169 e. The summed E-state index contributed by atoms with van der Waals surface area (Å²) in [7, 11) is 0. The van der Waals surface area contributed by atoms with Gasteiger partial charge >= 0.3 is 0 Å². The Hall–Kier alpha value is 0.350. The van der Waals surface area contributed by atoms with Gasteiger partial charge in [0.25, 0.3) is 0 Å². The molecule has 0 aromatic heterocycles. The monoisotopic (exact) mass is 368 g/mol. The number of thioether (sulfide) groups is 1. The van der Waals surface area contributed by atoms with E-state index in [-0.39, 0.29) is 0 Å². The van der Waals surface area contributed by atoms with Crippen molar-refractivity contribution >= 4 is 11.8 Å². The van der Waals surface area contributed by atoms with E-state index in [0.29, 0.717) is 0 Å². The van der Waals surface area contributed by atoms with Crippen LogP contribution in [-0.2, 0) is 0 Å². The summed E-state index contributed by atoms with van der Waals surface area (Å²) >= 11 is 2.29. The van der Waals surface area contributed by atoms with Crippen molar-refractivity contribution in [3.05, 3.63) is 0 Å². The summed E-state index contributed by atoms with van der Waals surface area (Å²) in [4.78, 5) is 0. The predicted octanol–water partition coefficient (Wildman–Crippen LogP) is 9.31. The first-order chi connectivity index (χ1) is 12.4. The number of hydrogen-bond acceptors (Lipinski definition) is 1. The summed E-state index contributed by atoms with van der Waals surface area (Å²) in [5, 5.41) is 2.11. The van der Waals surface area contributed by atoms with Crippen LogP contribution >= 0.6 is 11.8 Å². The van der Waals surface area contributed by atoms with Crippen molar-refractivity contribution in [2.45, 2.75) is 153 Å². The van der Waals surface area contributed by atoms with Gasteiger partial charge in [-0.1, -0.05) is 129 Å². The molecule has 0 aromatic carbocycles. The minimum absolute atomic E-state index is 1.05. The Bertz CT molecular complexity index is 237. The minimum atomic E-state index is 1.05. The van der Waals surface area contributed by atoms with Crippen LogP contribution in [0.2, 0.25) is 0 Å². The van der Waals surface area contributed by atoms with Gasteiger partial charge < -0.3 is 0 Å². The fourth-order valence-electron chi connectivity index (χ4n) is 4.00. The van der Waals surface area contributed by atoms with Crippen LogP contribution in [-0.4, -0.2) is 10.5 Å². The fourth-order valence-corrected chi connectivity index (χ4v) is 5.24. The molecule has 0 aromatic rings. The van der Waals surface area contributed by atoms with E-state index < -0.39 is 0 Å². The minimum Gasteiger partial charge on any atom is -0.153 e. The van der Waals surface area contributed by atoms with E-state index in [1.54, 1.807) is 0 Å². The molecule has 1 saturated heterocycles. The van der Waals surface area contributed by atoms with E-state index in [0.717, 1.165) is 10.5 Å². The lowest BCUT2D eigenvalue weighted by molar-refractivity contribution is 0.543. The molecule has 0 radical (unpaired) electrons. The van der Waals surface area contributed by atoms with E-state index in [4.69, 9.17) is 0 Å². The molecule has 1 aliphatic rings. The first-order valence-corrected chi connectivity index (χ1v) is 13.0. The first kappa shape index (κ1) is 23.4. The number of rotatable bonds is 20. The molecule has 0 aliphatic carbocycles. The highest BCUT2D eigenvalue weighted by atomic mass is 32.2. The van der Waals surface area contributed by atoms with Gasteiger partial charge in [-0.25, -0.2) is 0 Å². The Labute approximate surface area is 164 Å². The lowest BCUT2D eigenvalue weighted by atomic mass is 10.0. The SMILES string of the molecule is CCCCCCCCCCC[C@@H]1S[C@@H]1CCCCCCCCCCC. The highest BCUT2D eigenvalue weighted by Crippen LogP contribution is 2.47. The molecule has 1 rings (SSSR count). The van der Waals surface area contributed by atoms with Crippen LogP contribution in [0.5, 0.6) is 0 Å². The van der Waals surface area contributed by atoms with Crippen LogP contribution in [0.15, 0.2) is 0 Å². The molecular weight excluding hydrogens is 320 g/mol. The van der Waals surface area contributed by atoms with Crippen molar-refractivity contribution in [1.82, 2.24) is 0 Å². The third-order valence-electron chi connectivity index (χ3n) is 5.87. The molecule has 0 nitrogen and oxygen atoms in total. The van der Waals surface area contributed by atoms with Crippen molar-refractivity contribution in [2.24, 2.45) is 0 Å². The summed E-state index contributed by atoms with van der Waals surface area (Å²) in [6.07, 6.45) is 29.5. The molecule has 0 bridgehead atoms. The molecule has 1 heteroatoms. The molecule has 0 unspecified atom stereocenters. The molecule has 1 aliphatic heterocycles. The summed E-state index contributed by atoms with van der Waals surface area (Å²) < 4.78 is 0. The molecule has 0 spiro atoms. The predicted molar refractivity (Wildman–Crippen MR) is 119 cm³/mol. The quantitative estimate of drug-likeness (QED) is 0.152. The topological polar surface area (TPSA) is 0 Å². The first-order valence-electron chi connectivity index (χ1n) is 12.0. The van der Waals surface area contributed by atoms with Crippen molar-refractivity contribution < 1.29 is 0 Å². The van der Waals surface area contributed by atoms with Gasteiger partial charge in [0.1, 0.15) is 0 Å². The average Bonchev–Trinajstić information content (AvgIpc) is 3.37. The Morgan fingerprint density at radius 3 is 1.00 bits per heavy atom. The molecular formula is C24H48S. The van der Waals surface area contributed by atoms with Crippen molar-refractivity contribution in [3.8, 4) is 0 Å². The van der Waals surface area contributed by atoms with E-state index in [2.05, 4.69) is 25.6 Å². The van der Waals surface area contributed by atoms with Gasteiger partial charge in [-0.15, -0.1) is 0 Å². The van der Waals surface area contributed by atoms with Gasteiger partial charge in [-0.05, 0) is 12.8 Å². The van der Waals surface area contributed by atoms with Crippen LogP contribution in [0.4, 0.5) is 0 Å². The third-order valence-corrected chi connectivity index (χ3v) is 7.39. The summed E-state index contributed by atoms with van der Waals surface area (Å²) in [6, 6.07) is 0. The zero-order chi connectivity index (χ0) is 18.0. The Kier molecular flexibility index (Phi) is 16.6.